The van der Waals surface area contributed by atoms with Crippen molar-refractivity contribution in [2.75, 3.05) is 7.05 Å². The van der Waals surface area contributed by atoms with Gasteiger partial charge in [0.05, 0.1) is 9.79 Å². The van der Waals surface area contributed by atoms with E-state index in [1.165, 1.54) is 35.6 Å². The Labute approximate surface area is 153 Å². The monoisotopic (exact) mass is 390 g/mol. The molecule has 0 aliphatic rings. The molecule has 0 aliphatic carbocycles. The second kappa shape index (κ2) is 6.81. The summed E-state index contributed by atoms with van der Waals surface area (Å²) in [4.78, 5) is -0.123. The molecule has 6 nitrogen and oxygen atoms in total. The molecular weight excluding hydrogens is 372 g/mol. The van der Waals surface area contributed by atoms with E-state index in [1.54, 1.807) is 0 Å². The van der Waals surface area contributed by atoms with Crippen molar-refractivity contribution in [1.82, 2.24) is 4.31 Å². The van der Waals surface area contributed by atoms with Crippen LogP contribution < -0.4 is 5.14 Å². The van der Waals surface area contributed by atoms with Crippen molar-refractivity contribution in [1.29, 1.82) is 0 Å². The molecule has 2 N–H and O–H groups in total. The number of nitrogens with zero attached hydrogens (tertiary/aromatic N) is 1. The van der Waals surface area contributed by atoms with Crippen LogP contribution in [0.3, 0.4) is 0 Å². The zero-order valence-electron chi connectivity index (χ0n) is 14.0. The summed E-state index contributed by atoms with van der Waals surface area (Å²) < 4.78 is 49.2. The fourth-order valence-electron chi connectivity index (χ4n) is 2.66. The minimum atomic E-state index is -3.86. The van der Waals surface area contributed by atoms with Gasteiger partial charge in [0.25, 0.3) is 0 Å². The standard InChI is InChI=1S/C18H18N2O4S2/c1-20(13-14-6-7-15-4-2-3-5-16(15)12-14)26(23,24)18-10-8-17(9-11-18)25(19,21)22/h2-12H,13H2,1H3,(H2,19,21,22). The summed E-state index contributed by atoms with van der Waals surface area (Å²) in [6.07, 6.45) is 0. The molecule has 0 atom stereocenters. The lowest BCUT2D eigenvalue weighted by atomic mass is 10.1. The third kappa shape index (κ3) is 3.78. The Balaban J connectivity index is 1.86. The van der Waals surface area contributed by atoms with Crippen LogP contribution in [0.2, 0.25) is 0 Å². The van der Waals surface area contributed by atoms with Crippen molar-refractivity contribution in [3.05, 3.63) is 72.3 Å². The third-order valence-corrected chi connectivity index (χ3v) is 6.83. The first-order valence-corrected chi connectivity index (χ1v) is 10.7. The van der Waals surface area contributed by atoms with Crippen molar-refractivity contribution in [3.63, 3.8) is 0 Å². The summed E-state index contributed by atoms with van der Waals surface area (Å²) in [5.41, 5.74) is 0.857. The van der Waals surface area contributed by atoms with E-state index in [1.807, 2.05) is 42.5 Å². The van der Waals surface area contributed by atoms with Crippen LogP contribution in [-0.2, 0) is 26.6 Å². The van der Waals surface area contributed by atoms with Crippen LogP contribution in [0, 0.1) is 0 Å². The van der Waals surface area contributed by atoms with Gasteiger partial charge in [0.2, 0.25) is 20.0 Å². The first-order chi connectivity index (χ1) is 12.2. The minimum absolute atomic E-state index is 0.00758. The first-order valence-electron chi connectivity index (χ1n) is 7.75. The molecule has 136 valence electrons. The van der Waals surface area contributed by atoms with E-state index in [0.717, 1.165) is 16.3 Å². The van der Waals surface area contributed by atoms with Gasteiger partial charge in [-0.05, 0) is 46.7 Å². The Hall–Kier alpha value is -2.26. The molecule has 8 heteroatoms. The lowest BCUT2D eigenvalue weighted by Gasteiger charge is -2.18. The highest BCUT2D eigenvalue weighted by Gasteiger charge is 2.21. The highest BCUT2D eigenvalue weighted by molar-refractivity contribution is 7.89. The van der Waals surface area contributed by atoms with Crippen LogP contribution in [0.15, 0.2) is 76.5 Å². The maximum atomic E-state index is 12.7. The number of hydrogen-bond acceptors (Lipinski definition) is 4. The largest absolute Gasteiger partial charge is 0.243 e. The Kier molecular flexibility index (Phi) is 4.85. The predicted molar refractivity (Wildman–Crippen MR) is 100 cm³/mol. The SMILES string of the molecule is CN(Cc1ccc2ccccc2c1)S(=O)(=O)c1ccc(S(N)(=O)=O)cc1. The fourth-order valence-corrected chi connectivity index (χ4v) is 4.33. The molecule has 26 heavy (non-hydrogen) atoms. The van der Waals surface area contributed by atoms with Gasteiger partial charge in [-0.25, -0.2) is 22.0 Å². The quantitative estimate of drug-likeness (QED) is 0.723. The summed E-state index contributed by atoms with van der Waals surface area (Å²) in [5, 5.41) is 7.15. The van der Waals surface area contributed by atoms with Crippen molar-refractivity contribution in [2.45, 2.75) is 16.3 Å². The molecule has 0 bridgehead atoms. The van der Waals surface area contributed by atoms with Gasteiger partial charge in [0.15, 0.2) is 0 Å². The smallest absolute Gasteiger partial charge is 0.225 e. The molecule has 0 spiro atoms. The Bertz CT molecular complexity index is 1160. The highest BCUT2D eigenvalue weighted by atomic mass is 32.2. The van der Waals surface area contributed by atoms with Crippen LogP contribution in [0.5, 0.6) is 0 Å². The van der Waals surface area contributed by atoms with Crippen LogP contribution in [0.25, 0.3) is 10.8 Å². The average Bonchev–Trinajstić information content (AvgIpc) is 2.61. The van der Waals surface area contributed by atoms with E-state index in [-0.39, 0.29) is 16.3 Å². The normalized spacial score (nSPS) is 12.6. The van der Waals surface area contributed by atoms with Gasteiger partial charge >= 0.3 is 0 Å². The topological polar surface area (TPSA) is 97.5 Å². The lowest BCUT2D eigenvalue weighted by molar-refractivity contribution is 0.467. The second-order valence-corrected chi connectivity index (χ2v) is 9.57. The molecular formula is C18H18N2O4S2. The number of benzene rings is 3. The average molecular weight is 390 g/mol. The summed E-state index contributed by atoms with van der Waals surface area (Å²) in [5.74, 6) is 0. The molecule has 0 saturated carbocycles. The molecule has 3 rings (SSSR count). The molecule has 3 aromatic carbocycles. The number of primary sulfonamides is 1. The zero-order chi connectivity index (χ0) is 18.9. The van der Waals surface area contributed by atoms with Crippen LogP contribution in [-0.4, -0.2) is 28.2 Å². The number of rotatable bonds is 5. The number of fused-ring (bicyclic) bond motifs is 1. The molecule has 0 unspecified atom stereocenters. The van der Waals surface area contributed by atoms with Gasteiger partial charge in [-0.1, -0.05) is 36.4 Å². The fraction of sp³-hybridized carbons (Fsp3) is 0.111. The van der Waals surface area contributed by atoms with Gasteiger partial charge in [-0.3, -0.25) is 0 Å². The predicted octanol–water partition coefficient (Wildman–Crippen LogP) is 2.31. The van der Waals surface area contributed by atoms with Crippen molar-refractivity contribution in [3.8, 4) is 0 Å². The maximum absolute atomic E-state index is 12.7. The Morgan fingerprint density at radius 3 is 2.00 bits per heavy atom. The van der Waals surface area contributed by atoms with E-state index in [0.29, 0.717) is 0 Å². The van der Waals surface area contributed by atoms with E-state index in [2.05, 4.69) is 0 Å². The molecule has 0 radical (unpaired) electrons. The molecule has 0 aromatic heterocycles. The molecule has 0 heterocycles. The molecule has 0 saturated heterocycles. The summed E-state index contributed by atoms with van der Waals surface area (Å²) >= 11 is 0. The highest BCUT2D eigenvalue weighted by Crippen LogP contribution is 2.21. The molecule has 0 amide bonds. The van der Waals surface area contributed by atoms with E-state index in [9.17, 15) is 16.8 Å². The summed E-state index contributed by atoms with van der Waals surface area (Å²) in [6.45, 7) is 0.199. The van der Waals surface area contributed by atoms with Gasteiger partial charge in [0, 0.05) is 13.6 Å². The van der Waals surface area contributed by atoms with Gasteiger partial charge in [-0.15, -0.1) is 0 Å². The van der Waals surface area contributed by atoms with Gasteiger partial charge in [-0.2, -0.15) is 4.31 Å². The number of nitrogens with two attached hydrogens (primary N) is 1. The third-order valence-electron chi connectivity index (χ3n) is 4.08. The van der Waals surface area contributed by atoms with Crippen molar-refractivity contribution in [2.24, 2.45) is 5.14 Å². The molecule has 0 aliphatic heterocycles. The Morgan fingerprint density at radius 2 is 1.38 bits per heavy atom. The number of sulfonamides is 2. The molecule has 0 fully saturated rings. The summed E-state index contributed by atoms with van der Waals surface area (Å²) in [7, 11) is -6.13. The minimum Gasteiger partial charge on any atom is -0.225 e. The molecule has 3 aromatic rings. The van der Waals surface area contributed by atoms with Crippen LogP contribution in [0.4, 0.5) is 0 Å². The van der Waals surface area contributed by atoms with Crippen molar-refractivity contribution < 1.29 is 16.8 Å². The van der Waals surface area contributed by atoms with Gasteiger partial charge < -0.3 is 0 Å². The zero-order valence-corrected chi connectivity index (χ0v) is 15.7. The number of hydrogen-bond donors (Lipinski definition) is 1. The second-order valence-electron chi connectivity index (χ2n) is 5.96. The van der Waals surface area contributed by atoms with E-state index < -0.39 is 20.0 Å². The Morgan fingerprint density at radius 1 is 0.808 bits per heavy atom. The van der Waals surface area contributed by atoms with E-state index >= 15 is 0 Å². The van der Waals surface area contributed by atoms with Gasteiger partial charge in [0.1, 0.15) is 0 Å². The summed E-state index contributed by atoms with van der Waals surface area (Å²) in [6, 6.07) is 18.5. The van der Waals surface area contributed by atoms with Crippen molar-refractivity contribution >= 4 is 30.8 Å². The maximum Gasteiger partial charge on any atom is 0.243 e. The van der Waals surface area contributed by atoms with E-state index in [4.69, 9.17) is 5.14 Å². The van der Waals surface area contributed by atoms with Crippen LogP contribution in [0.1, 0.15) is 5.56 Å². The lowest BCUT2D eigenvalue weighted by Crippen LogP contribution is -2.26. The van der Waals surface area contributed by atoms with Crippen LogP contribution >= 0.6 is 0 Å². The first kappa shape index (κ1) is 18.5.